The molecule has 1 saturated heterocycles. The zero-order valence-electron chi connectivity index (χ0n) is 13.6. The van der Waals surface area contributed by atoms with Gasteiger partial charge >= 0.3 is 0 Å². The van der Waals surface area contributed by atoms with Crippen LogP contribution in [0.25, 0.3) is 0 Å². The monoisotopic (exact) mass is 308 g/mol. The molecule has 0 unspecified atom stereocenters. The van der Waals surface area contributed by atoms with Crippen molar-refractivity contribution >= 4 is 23.2 Å². The van der Waals surface area contributed by atoms with Gasteiger partial charge in [0.25, 0.3) is 5.91 Å². The molecule has 2 amide bonds. The highest BCUT2D eigenvalue weighted by Crippen LogP contribution is 2.26. The molecule has 0 radical (unpaired) electrons. The van der Waals surface area contributed by atoms with Crippen LogP contribution >= 0.6 is 0 Å². The molecule has 4 nitrogen and oxygen atoms in total. The largest absolute Gasteiger partial charge is 0.373 e. The van der Waals surface area contributed by atoms with E-state index in [-0.39, 0.29) is 18.2 Å². The number of carbonyl (C=O) groups excluding carboxylic acids is 2. The third kappa shape index (κ3) is 2.97. The van der Waals surface area contributed by atoms with Crippen molar-refractivity contribution in [3.8, 4) is 0 Å². The molecule has 0 aromatic heterocycles. The Balaban J connectivity index is 1.85. The molecule has 1 fully saturated rings. The quantitative estimate of drug-likeness (QED) is 0.885. The fourth-order valence-electron chi connectivity index (χ4n) is 2.86. The highest BCUT2D eigenvalue weighted by atomic mass is 16.2. The van der Waals surface area contributed by atoms with E-state index in [1.807, 2.05) is 57.2 Å². The van der Waals surface area contributed by atoms with Crippen molar-refractivity contribution in [3.63, 3.8) is 0 Å². The summed E-state index contributed by atoms with van der Waals surface area (Å²) in [5.41, 5.74) is 4.75. The SMILES string of the molecule is Cc1cccc(N2C(=O)C[C@H](Nc3cc(C)ccc3C)C2=O)c1. The van der Waals surface area contributed by atoms with E-state index in [1.54, 1.807) is 6.07 Å². The van der Waals surface area contributed by atoms with Crippen LogP contribution in [0.15, 0.2) is 42.5 Å². The normalized spacial score (nSPS) is 17.7. The van der Waals surface area contributed by atoms with Gasteiger partial charge in [0.05, 0.1) is 12.1 Å². The number of benzene rings is 2. The van der Waals surface area contributed by atoms with Gasteiger partial charge in [-0.05, 0) is 55.7 Å². The van der Waals surface area contributed by atoms with Crippen LogP contribution in [0.1, 0.15) is 23.1 Å². The lowest BCUT2D eigenvalue weighted by Gasteiger charge is -2.17. The van der Waals surface area contributed by atoms with E-state index in [0.29, 0.717) is 5.69 Å². The summed E-state index contributed by atoms with van der Waals surface area (Å²) in [7, 11) is 0. The molecule has 0 spiro atoms. The van der Waals surface area contributed by atoms with E-state index < -0.39 is 6.04 Å². The fourth-order valence-corrected chi connectivity index (χ4v) is 2.86. The molecule has 1 aliphatic rings. The van der Waals surface area contributed by atoms with Gasteiger partial charge in [-0.1, -0.05) is 24.3 Å². The molecule has 0 bridgehead atoms. The lowest BCUT2D eigenvalue weighted by Crippen LogP contribution is -2.35. The number of carbonyl (C=O) groups is 2. The molecule has 0 saturated carbocycles. The second kappa shape index (κ2) is 5.88. The van der Waals surface area contributed by atoms with Gasteiger partial charge in [-0.3, -0.25) is 9.59 Å². The van der Waals surface area contributed by atoms with Crippen molar-refractivity contribution in [2.45, 2.75) is 33.2 Å². The molecule has 0 aliphatic carbocycles. The number of hydrogen-bond donors (Lipinski definition) is 1. The van der Waals surface area contributed by atoms with Crippen LogP contribution in [0.5, 0.6) is 0 Å². The molecule has 1 aliphatic heterocycles. The molecular weight excluding hydrogens is 288 g/mol. The maximum absolute atomic E-state index is 12.7. The van der Waals surface area contributed by atoms with Gasteiger partial charge in [0.1, 0.15) is 6.04 Å². The Morgan fingerprint density at radius 1 is 1.00 bits per heavy atom. The average Bonchev–Trinajstić information content (AvgIpc) is 2.77. The summed E-state index contributed by atoms with van der Waals surface area (Å²) >= 11 is 0. The second-order valence-electron chi connectivity index (χ2n) is 6.13. The van der Waals surface area contributed by atoms with E-state index >= 15 is 0 Å². The summed E-state index contributed by atoms with van der Waals surface area (Å²) in [5, 5.41) is 3.23. The Morgan fingerprint density at radius 2 is 1.74 bits per heavy atom. The zero-order chi connectivity index (χ0) is 16.6. The summed E-state index contributed by atoms with van der Waals surface area (Å²) in [4.78, 5) is 26.3. The van der Waals surface area contributed by atoms with Crippen molar-refractivity contribution in [2.75, 3.05) is 10.2 Å². The number of imide groups is 1. The van der Waals surface area contributed by atoms with Gasteiger partial charge in [0.15, 0.2) is 0 Å². The third-order valence-corrected chi connectivity index (χ3v) is 4.13. The Labute approximate surface area is 136 Å². The smallest absolute Gasteiger partial charge is 0.256 e. The van der Waals surface area contributed by atoms with Crippen molar-refractivity contribution in [1.82, 2.24) is 0 Å². The Hall–Kier alpha value is -2.62. The van der Waals surface area contributed by atoms with Crippen LogP contribution < -0.4 is 10.2 Å². The van der Waals surface area contributed by atoms with Gasteiger partial charge < -0.3 is 5.32 Å². The standard InChI is InChI=1S/C19H20N2O2/c1-12-5-4-6-15(9-12)21-18(22)11-17(19(21)23)20-16-10-13(2)7-8-14(16)3/h4-10,17,20H,11H2,1-3H3/t17-/m0/s1. The van der Waals surface area contributed by atoms with Crippen LogP contribution in [0.4, 0.5) is 11.4 Å². The predicted octanol–water partition coefficient (Wildman–Crippen LogP) is 3.36. The highest BCUT2D eigenvalue weighted by Gasteiger charge is 2.39. The van der Waals surface area contributed by atoms with Crippen LogP contribution in [0.2, 0.25) is 0 Å². The van der Waals surface area contributed by atoms with Crippen molar-refractivity contribution < 1.29 is 9.59 Å². The van der Waals surface area contributed by atoms with E-state index in [1.165, 1.54) is 4.90 Å². The molecule has 1 heterocycles. The molecule has 118 valence electrons. The third-order valence-electron chi connectivity index (χ3n) is 4.13. The van der Waals surface area contributed by atoms with Crippen LogP contribution in [0.3, 0.4) is 0 Å². The summed E-state index contributed by atoms with van der Waals surface area (Å²) in [6, 6.07) is 13.0. The summed E-state index contributed by atoms with van der Waals surface area (Å²) in [5.74, 6) is -0.357. The fraction of sp³-hybridized carbons (Fsp3) is 0.263. The maximum atomic E-state index is 12.7. The highest BCUT2D eigenvalue weighted by molar-refractivity contribution is 6.23. The molecular formula is C19H20N2O2. The van der Waals surface area contributed by atoms with E-state index in [9.17, 15) is 9.59 Å². The number of aryl methyl sites for hydroxylation is 3. The summed E-state index contributed by atoms with van der Waals surface area (Å²) in [6.45, 7) is 5.94. The molecule has 2 aromatic carbocycles. The maximum Gasteiger partial charge on any atom is 0.256 e. The van der Waals surface area contributed by atoms with Gasteiger partial charge in [0.2, 0.25) is 5.91 Å². The van der Waals surface area contributed by atoms with Crippen molar-refractivity contribution in [1.29, 1.82) is 0 Å². The van der Waals surface area contributed by atoms with E-state index in [2.05, 4.69) is 5.32 Å². The Morgan fingerprint density at radius 3 is 2.48 bits per heavy atom. The number of nitrogens with one attached hydrogen (secondary N) is 1. The number of amides is 2. The number of anilines is 2. The summed E-state index contributed by atoms with van der Waals surface area (Å²) in [6.07, 6.45) is 0.181. The van der Waals surface area contributed by atoms with Gasteiger partial charge in [-0.15, -0.1) is 0 Å². The second-order valence-corrected chi connectivity index (χ2v) is 6.13. The minimum atomic E-state index is -0.511. The first-order valence-corrected chi connectivity index (χ1v) is 7.73. The number of rotatable bonds is 3. The first kappa shape index (κ1) is 15.3. The average molecular weight is 308 g/mol. The van der Waals surface area contributed by atoms with Crippen molar-refractivity contribution in [3.05, 3.63) is 59.2 Å². The lowest BCUT2D eigenvalue weighted by molar-refractivity contribution is -0.121. The lowest BCUT2D eigenvalue weighted by atomic mass is 10.1. The first-order valence-electron chi connectivity index (χ1n) is 7.73. The van der Waals surface area contributed by atoms with E-state index in [0.717, 1.165) is 22.4 Å². The number of nitrogens with zero attached hydrogens (tertiary/aromatic N) is 1. The van der Waals surface area contributed by atoms with Gasteiger partial charge in [0, 0.05) is 5.69 Å². The van der Waals surface area contributed by atoms with Crippen molar-refractivity contribution in [2.24, 2.45) is 0 Å². The molecule has 23 heavy (non-hydrogen) atoms. The van der Waals surface area contributed by atoms with Crippen LogP contribution in [-0.2, 0) is 9.59 Å². The molecule has 2 aromatic rings. The van der Waals surface area contributed by atoms with Gasteiger partial charge in [-0.25, -0.2) is 4.90 Å². The first-order chi connectivity index (χ1) is 11.0. The minimum absolute atomic E-state index is 0.164. The Bertz CT molecular complexity index is 783. The Kier molecular flexibility index (Phi) is 3.90. The molecule has 1 N–H and O–H groups in total. The van der Waals surface area contributed by atoms with E-state index in [4.69, 9.17) is 0 Å². The predicted molar refractivity (Wildman–Crippen MR) is 91.6 cm³/mol. The van der Waals surface area contributed by atoms with Gasteiger partial charge in [-0.2, -0.15) is 0 Å². The molecule has 4 heteroatoms. The zero-order valence-corrected chi connectivity index (χ0v) is 13.6. The van der Waals surface area contributed by atoms with Crippen LogP contribution in [0, 0.1) is 20.8 Å². The minimum Gasteiger partial charge on any atom is -0.373 e. The number of hydrogen-bond acceptors (Lipinski definition) is 3. The topological polar surface area (TPSA) is 49.4 Å². The summed E-state index contributed by atoms with van der Waals surface area (Å²) < 4.78 is 0. The molecule has 3 rings (SSSR count). The molecule has 1 atom stereocenters. The van der Waals surface area contributed by atoms with Crippen LogP contribution in [-0.4, -0.2) is 17.9 Å².